The minimum Gasteiger partial charge on any atom is -0.360 e. The lowest BCUT2D eigenvalue weighted by molar-refractivity contribution is -0.140. The van der Waals surface area contributed by atoms with Gasteiger partial charge in [0.15, 0.2) is 9.84 Å². The smallest absolute Gasteiger partial charge is 0.234 e. The van der Waals surface area contributed by atoms with E-state index in [-0.39, 0.29) is 36.4 Å². The second kappa shape index (κ2) is 6.15. The van der Waals surface area contributed by atoms with Gasteiger partial charge >= 0.3 is 0 Å². The molecular weight excluding hydrogens is 392 g/mol. The van der Waals surface area contributed by atoms with E-state index in [1.807, 2.05) is 44.2 Å². The molecule has 8 heteroatoms. The van der Waals surface area contributed by atoms with Crippen LogP contribution in [0.2, 0.25) is 0 Å². The summed E-state index contributed by atoms with van der Waals surface area (Å²) in [6.45, 7) is 4.80. The molecular formula is C21H24N2O5S. The van der Waals surface area contributed by atoms with Gasteiger partial charge < -0.3 is 14.5 Å². The number of hydrogen-bond acceptors (Lipinski definition) is 5. The Morgan fingerprint density at radius 1 is 1.17 bits per heavy atom. The SMILES string of the molecule is Cc1ccc(N2C[C@]34C=C[C@H](O3)C(C(=O)N3CCS(=O)(=O)CC3)C4C2=O)cc1C. The maximum absolute atomic E-state index is 13.4. The van der Waals surface area contributed by atoms with Crippen molar-refractivity contribution in [1.29, 1.82) is 0 Å². The number of amides is 2. The van der Waals surface area contributed by atoms with Crippen molar-refractivity contribution in [3.63, 3.8) is 0 Å². The number of nitrogens with zero attached hydrogens (tertiary/aromatic N) is 2. The molecule has 1 aromatic rings. The highest BCUT2D eigenvalue weighted by molar-refractivity contribution is 7.91. The van der Waals surface area contributed by atoms with E-state index < -0.39 is 33.4 Å². The van der Waals surface area contributed by atoms with E-state index in [1.54, 1.807) is 9.80 Å². The summed E-state index contributed by atoms with van der Waals surface area (Å²) in [5, 5.41) is 0. The normalized spacial score (nSPS) is 34.7. The molecule has 4 aliphatic heterocycles. The van der Waals surface area contributed by atoms with Crippen LogP contribution in [0.25, 0.3) is 0 Å². The summed E-state index contributed by atoms with van der Waals surface area (Å²) >= 11 is 0. The lowest BCUT2D eigenvalue weighted by atomic mass is 9.76. The molecule has 7 nitrogen and oxygen atoms in total. The summed E-state index contributed by atoms with van der Waals surface area (Å²) in [6.07, 6.45) is 3.40. The van der Waals surface area contributed by atoms with Crippen LogP contribution in [0.3, 0.4) is 0 Å². The van der Waals surface area contributed by atoms with Crippen LogP contribution in [0.5, 0.6) is 0 Å². The van der Waals surface area contributed by atoms with Crippen LogP contribution in [-0.4, -0.2) is 68.0 Å². The Hall–Kier alpha value is -2.19. The number of sulfone groups is 1. The molecule has 4 atom stereocenters. The van der Waals surface area contributed by atoms with Crippen LogP contribution in [0, 0.1) is 25.7 Å². The monoisotopic (exact) mass is 416 g/mol. The maximum atomic E-state index is 13.4. The van der Waals surface area contributed by atoms with Crippen molar-refractivity contribution >= 4 is 27.3 Å². The van der Waals surface area contributed by atoms with Crippen molar-refractivity contribution in [2.45, 2.75) is 25.6 Å². The number of fused-ring (bicyclic) bond motifs is 1. The number of carbonyl (C=O) groups is 2. The third kappa shape index (κ3) is 2.76. The number of aryl methyl sites for hydroxylation is 2. The molecule has 2 amide bonds. The summed E-state index contributed by atoms with van der Waals surface area (Å²) in [6, 6.07) is 5.92. The van der Waals surface area contributed by atoms with Gasteiger partial charge in [0.05, 0.1) is 36.0 Å². The van der Waals surface area contributed by atoms with Crippen molar-refractivity contribution in [2.75, 3.05) is 36.0 Å². The molecule has 1 aromatic carbocycles. The Kier molecular flexibility index (Phi) is 3.99. The third-order valence-electron chi connectivity index (χ3n) is 6.84. The van der Waals surface area contributed by atoms with Gasteiger partial charge in [0.2, 0.25) is 11.8 Å². The van der Waals surface area contributed by atoms with E-state index >= 15 is 0 Å². The van der Waals surface area contributed by atoms with Gasteiger partial charge in [0.25, 0.3) is 0 Å². The van der Waals surface area contributed by atoms with Crippen molar-refractivity contribution in [2.24, 2.45) is 11.8 Å². The van der Waals surface area contributed by atoms with Crippen LogP contribution >= 0.6 is 0 Å². The third-order valence-corrected chi connectivity index (χ3v) is 8.45. The fraction of sp³-hybridized carbons (Fsp3) is 0.524. The van der Waals surface area contributed by atoms with E-state index in [9.17, 15) is 18.0 Å². The lowest BCUT2D eigenvalue weighted by Crippen LogP contribution is -2.50. The summed E-state index contributed by atoms with van der Waals surface area (Å²) < 4.78 is 29.6. The molecule has 2 unspecified atom stereocenters. The van der Waals surface area contributed by atoms with Gasteiger partial charge in [-0.1, -0.05) is 18.2 Å². The average Bonchev–Trinajstić information content (AvgIpc) is 3.32. The summed E-state index contributed by atoms with van der Waals surface area (Å²) in [7, 11) is -3.08. The van der Waals surface area contributed by atoms with E-state index in [1.165, 1.54) is 0 Å². The van der Waals surface area contributed by atoms with E-state index in [4.69, 9.17) is 4.74 Å². The van der Waals surface area contributed by atoms with Gasteiger partial charge in [-0.3, -0.25) is 9.59 Å². The minimum absolute atomic E-state index is 0.0225. The van der Waals surface area contributed by atoms with Gasteiger partial charge in [-0.15, -0.1) is 0 Å². The zero-order valence-electron chi connectivity index (χ0n) is 16.5. The van der Waals surface area contributed by atoms with Gasteiger partial charge in [-0.2, -0.15) is 0 Å². The van der Waals surface area contributed by atoms with E-state index in [2.05, 4.69) is 0 Å². The molecule has 3 saturated heterocycles. The predicted molar refractivity (Wildman–Crippen MR) is 107 cm³/mol. The first kappa shape index (κ1) is 18.8. The first-order valence-corrected chi connectivity index (χ1v) is 11.8. The van der Waals surface area contributed by atoms with Gasteiger partial charge in [0, 0.05) is 18.8 Å². The molecule has 154 valence electrons. The topological polar surface area (TPSA) is 84.0 Å². The minimum atomic E-state index is -3.08. The fourth-order valence-corrected chi connectivity index (χ4v) is 6.24. The van der Waals surface area contributed by atoms with E-state index in [0.29, 0.717) is 6.54 Å². The number of carbonyl (C=O) groups excluding carboxylic acids is 2. The number of benzene rings is 1. The number of ether oxygens (including phenoxy) is 1. The largest absolute Gasteiger partial charge is 0.360 e. The Morgan fingerprint density at radius 3 is 2.59 bits per heavy atom. The molecule has 2 bridgehead atoms. The molecule has 0 radical (unpaired) electrons. The number of anilines is 1. The van der Waals surface area contributed by atoms with Gasteiger partial charge in [-0.25, -0.2) is 8.42 Å². The molecule has 0 aliphatic carbocycles. The highest BCUT2D eigenvalue weighted by atomic mass is 32.2. The lowest BCUT2D eigenvalue weighted by Gasteiger charge is -2.32. The Balaban J connectivity index is 1.44. The quantitative estimate of drug-likeness (QED) is 0.668. The number of hydrogen-bond donors (Lipinski definition) is 0. The van der Waals surface area contributed by atoms with Crippen molar-refractivity contribution in [1.82, 2.24) is 4.90 Å². The zero-order chi connectivity index (χ0) is 20.6. The average molecular weight is 416 g/mol. The molecule has 5 rings (SSSR count). The molecule has 0 N–H and O–H groups in total. The predicted octanol–water partition coefficient (Wildman–Crippen LogP) is 0.847. The van der Waals surface area contributed by atoms with Gasteiger partial charge in [0.1, 0.15) is 5.60 Å². The van der Waals surface area contributed by atoms with Crippen LogP contribution in [0.4, 0.5) is 5.69 Å². The molecule has 1 spiro atoms. The number of rotatable bonds is 2. The van der Waals surface area contributed by atoms with Crippen LogP contribution in [0.1, 0.15) is 11.1 Å². The van der Waals surface area contributed by atoms with Gasteiger partial charge in [-0.05, 0) is 37.1 Å². The highest BCUT2D eigenvalue weighted by Gasteiger charge is 2.67. The zero-order valence-corrected chi connectivity index (χ0v) is 17.3. The van der Waals surface area contributed by atoms with Crippen molar-refractivity contribution in [3.05, 3.63) is 41.5 Å². The van der Waals surface area contributed by atoms with E-state index in [0.717, 1.165) is 16.8 Å². The molecule has 4 aliphatic rings. The maximum Gasteiger partial charge on any atom is 0.234 e. The molecule has 4 heterocycles. The molecule has 0 aromatic heterocycles. The molecule has 0 saturated carbocycles. The van der Waals surface area contributed by atoms with Crippen LogP contribution < -0.4 is 4.90 Å². The Labute approximate surface area is 170 Å². The first-order chi connectivity index (χ1) is 13.7. The van der Waals surface area contributed by atoms with Crippen LogP contribution in [-0.2, 0) is 24.2 Å². The van der Waals surface area contributed by atoms with Crippen molar-refractivity contribution < 1.29 is 22.7 Å². The standard InChI is InChI=1S/C21H24N2O5S/c1-13-3-4-15(11-14(13)2)23-12-21-6-5-16(28-21)17(18(21)20(23)25)19(24)22-7-9-29(26,27)10-8-22/h3-6,11,16-18H,7-10,12H2,1-2H3/t16-,17?,18?,21-/m0/s1. The Morgan fingerprint density at radius 2 is 1.90 bits per heavy atom. The Bertz CT molecular complexity index is 1040. The first-order valence-electron chi connectivity index (χ1n) is 9.96. The second-order valence-electron chi connectivity index (χ2n) is 8.57. The molecule has 3 fully saturated rings. The molecule has 29 heavy (non-hydrogen) atoms. The summed E-state index contributed by atoms with van der Waals surface area (Å²) in [5.41, 5.74) is 2.30. The fourth-order valence-electron chi connectivity index (χ4n) is 5.04. The highest BCUT2D eigenvalue weighted by Crippen LogP contribution is 2.53. The summed E-state index contributed by atoms with van der Waals surface area (Å²) in [4.78, 5) is 30.0. The van der Waals surface area contributed by atoms with Crippen molar-refractivity contribution in [3.8, 4) is 0 Å². The summed E-state index contributed by atoms with van der Waals surface area (Å²) in [5.74, 6) is -1.47. The van der Waals surface area contributed by atoms with Crippen LogP contribution in [0.15, 0.2) is 30.4 Å². The second-order valence-corrected chi connectivity index (χ2v) is 10.9.